The molecule has 1 saturated heterocycles. The van der Waals surface area contributed by atoms with Crippen LogP contribution in [0.3, 0.4) is 0 Å². The minimum absolute atomic E-state index is 0. The number of ether oxygens (including phenoxy) is 1. The van der Waals surface area contributed by atoms with Crippen LogP contribution in [0.15, 0.2) is 30.4 Å². The molecule has 2 heterocycles. The van der Waals surface area contributed by atoms with Crippen LogP contribution in [0, 0.1) is 11.3 Å². The zero-order valence-corrected chi connectivity index (χ0v) is 31.4. The number of hydrogen-bond acceptors (Lipinski definition) is 7. The molecule has 1 aliphatic rings. The van der Waals surface area contributed by atoms with Crippen molar-refractivity contribution in [2.45, 2.75) is 123 Å². The van der Waals surface area contributed by atoms with Gasteiger partial charge >= 0.3 is 35.7 Å². The van der Waals surface area contributed by atoms with Gasteiger partial charge in [0.15, 0.2) is 0 Å². The van der Waals surface area contributed by atoms with Crippen LogP contribution in [0.1, 0.15) is 99.8 Å². The number of benzene rings is 1. The Morgan fingerprint density at radius 1 is 1.11 bits per heavy atom. The van der Waals surface area contributed by atoms with Crippen molar-refractivity contribution < 1.29 is 65.1 Å². The summed E-state index contributed by atoms with van der Waals surface area (Å²) in [4.78, 5) is 67.7. The first-order valence-electron chi connectivity index (χ1n) is 16.7. The van der Waals surface area contributed by atoms with Gasteiger partial charge in [-0.05, 0) is 56.6 Å². The quantitative estimate of drug-likeness (QED) is 0.245. The molecule has 1 aromatic carbocycles. The number of fused-ring (bicyclic) bond motifs is 1. The third-order valence-corrected chi connectivity index (χ3v) is 8.60. The summed E-state index contributed by atoms with van der Waals surface area (Å²) >= 11 is 0. The Hall–Kier alpha value is -2.73. The maximum Gasteiger partial charge on any atom is 1.00 e. The van der Waals surface area contributed by atoms with Crippen molar-refractivity contribution in [2.75, 3.05) is 7.11 Å². The number of hydrogen-bond donors (Lipinski definition) is 2. The summed E-state index contributed by atoms with van der Waals surface area (Å²) in [6.45, 7) is 12.1. The molecule has 47 heavy (non-hydrogen) atoms. The zero-order valence-electron chi connectivity index (χ0n) is 30.4. The van der Waals surface area contributed by atoms with Gasteiger partial charge in [-0.15, -0.1) is 0 Å². The number of likely N-dealkylation sites (tertiary alicyclic amines) is 1. The fourth-order valence-corrected chi connectivity index (χ4v) is 6.38. The minimum atomic E-state index is -1.14. The van der Waals surface area contributed by atoms with Crippen LogP contribution in [0.4, 0.5) is 4.79 Å². The van der Waals surface area contributed by atoms with E-state index in [1.165, 1.54) is 17.9 Å². The number of carbonyl (C=O) groups is 4. The number of rotatable bonds is 13. The van der Waals surface area contributed by atoms with Crippen LogP contribution in [0.5, 0.6) is 0 Å². The standard InChI is InChI=1S/C35H51N4O6.Na.H2O/c1-8-9-15-27(22-40)36-33(43)29(18-26-21-38(34(44)45-7)30-17-11-10-16-28(26)30)37-32(42)25(20-35(4,5)6)19-31(41)39-23(2)13-12-14-24(39)3;;/h10-11,16-17,21,23-25,27,29H,8-9,12-15,18-20H2,1-7H3,(H,36,43)(H,37,42);;1H2/q-1;+1;/p-1/t23-,24+,25-,27+,29?;;/m0../s1/i10D;;. The molecular formula is C35H52N4NaO7-. The Labute approximate surface area is 302 Å². The van der Waals surface area contributed by atoms with Crippen molar-refractivity contribution in [1.29, 1.82) is 0 Å². The van der Waals surface area contributed by atoms with Gasteiger partial charge in [0.05, 0.1) is 14.0 Å². The van der Waals surface area contributed by atoms with E-state index in [9.17, 15) is 24.0 Å². The number of nitrogens with zero attached hydrogens (tertiary/aromatic N) is 2. The van der Waals surface area contributed by atoms with Gasteiger partial charge in [-0.25, -0.2) is 11.1 Å². The number of aromatic nitrogens is 1. The average Bonchev–Trinajstić information content (AvgIpc) is 3.34. The van der Waals surface area contributed by atoms with Gasteiger partial charge in [-0.2, -0.15) is 0 Å². The molecule has 1 aromatic heterocycles. The predicted molar refractivity (Wildman–Crippen MR) is 176 cm³/mol. The average molecular weight is 665 g/mol. The molecule has 5 atom stereocenters. The van der Waals surface area contributed by atoms with Crippen LogP contribution in [-0.4, -0.2) is 76.3 Å². The predicted octanol–water partition coefficient (Wildman–Crippen LogP) is 2.13. The fraction of sp³-hybridized carbons (Fsp3) is 0.629. The molecule has 3 amide bonds. The summed E-state index contributed by atoms with van der Waals surface area (Å²) in [5, 5.41) is 6.20. The molecule has 1 aliphatic heterocycles. The van der Waals surface area contributed by atoms with E-state index in [2.05, 4.69) is 10.6 Å². The van der Waals surface area contributed by atoms with Crippen molar-refractivity contribution >= 4 is 41.0 Å². The van der Waals surface area contributed by atoms with Crippen LogP contribution in [-0.2, 0) is 30.3 Å². The monoisotopic (exact) mass is 664 g/mol. The number of unbranched alkanes of at least 4 members (excludes halogenated alkanes) is 1. The topological polar surface area (TPSA) is 157 Å². The molecule has 0 radical (unpaired) electrons. The van der Waals surface area contributed by atoms with E-state index in [4.69, 9.17) is 6.11 Å². The van der Waals surface area contributed by atoms with Gasteiger partial charge in [0.25, 0.3) is 0 Å². The van der Waals surface area contributed by atoms with Crippen molar-refractivity contribution in [3.63, 3.8) is 0 Å². The summed E-state index contributed by atoms with van der Waals surface area (Å²) in [5.41, 5.74) is 0.746. The Morgan fingerprint density at radius 3 is 2.34 bits per heavy atom. The molecule has 0 spiro atoms. The summed E-state index contributed by atoms with van der Waals surface area (Å²) in [6, 6.07) is 3.16. The smallest absolute Gasteiger partial charge is 0.870 e. The molecule has 0 saturated carbocycles. The molecule has 3 N–H and O–H groups in total. The van der Waals surface area contributed by atoms with Gasteiger partial charge in [-0.3, -0.25) is 19.0 Å². The van der Waals surface area contributed by atoms with E-state index in [1.807, 2.05) is 52.7 Å². The molecule has 256 valence electrons. The number of piperidine rings is 1. The number of amides is 3. The summed E-state index contributed by atoms with van der Waals surface area (Å²) < 4.78 is 14.4. The molecular weight excluding hydrogens is 611 g/mol. The maximum absolute atomic E-state index is 14.1. The number of para-hydroxylation sites is 1. The van der Waals surface area contributed by atoms with E-state index >= 15 is 0 Å². The third-order valence-electron chi connectivity index (χ3n) is 8.60. The van der Waals surface area contributed by atoms with E-state index in [-0.39, 0.29) is 77.3 Å². The largest absolute Gasteiger partial charge is 1.00 e. The van der Waals surface area contributed by atoms with Crippen LogP contribution < -0.4 is 40.2 Å². The Balaban J connectivity index is 0.00000576. The van der Waals surface area contributed by atoms with E-state index in [0.717, 1.165) is 25.7 Å². The van der Waals surface area contributed by atoms with Gasteiger partial charge in [0.1, 0.15) is 6.04 Å². The molecule has 2 aromatic rings. The second kappa shape index (κ2) is 19.3. The summed E-state index contributed by atoms with van der Waals surface area (Å²) in [7, 11) is 1.26. The van der Waals surface area contributed by atoms with Crippen LogP contribution >= 0.6 is 0 Å². The second-order valence-electron chi connectivity index (χ2n) is 13.6. The molecule has 11 nitrogen and oxygen atoms in total. The van der Waals surface area contributed by atoms with Gasteiger partial charge in [0.2, 0.25) is 17.7 Å². The van der Waals surface area contributed by atoms with Crippen molar-refractivity contribution in [3.8, 4) is 0 Å². The fourth-order valence-electron chi connectivity index (χ4n) is 6.38. The summed E-state index contributed by atoms with van der Waals surface area (Å²) in [6.07, 6.45) is 8.02. The first-order chi connectivity index (χ1) is 21.7. The van der Waals surface area contributed by atoms with Gasteiger partial charge < -0.3 is 30.5 Å². The van der Waals surface area contributed by atoms with Crippen molar-refractivity contribution in [1.82, 2.24) is 20.1 Å². The normalized spacial score (nSPS) is 18.4. The van der Waals surface area contributed by atoms with E-state index in [0.29, 0.717) is 35.7 Å². The Morgan fingerprint density at radius 2 is 1.77 bits per heavy atom. The summed E-state index contributed by atoms with van der Waals surface area (Å²) in [5.74, 6) is -1.78. The minimum Gasteiger partial charge on any atom is -0.870 e. The molecule has 3 rings (SSSR count). The number of nitrogens with one attached hydrogen (secondary N) is 2. The Bertz CT molecular complexity index is 1400. The maximum atomic E-state index is 14.1. The molecule has 12 heteroatoms. The first kappa shape index (κ1) is 40.4. The third kappa shape index (κ3) is 11.7. The molecule has 0 aliphatic carbocycles. The molecule has 1 fully saturated rings. The van der Waals surface area contributed by atoms with Gasteiger partial charge in [-0.1, -0.05) is 71.2 Å². The molecule has 1 unspecified atom stereocenters. The van der Waals surface area contributed by atoms with Gasteiger partial charge in [0, 0.05) is 42.4 Å². The second-order valence-corrected chi connectivity index (χ2v) is 13.6. The van der Waals surface area contributed by atoms with E-state index in [1.54, 1.807) is 18.2 Å². The van der Waals surface area contributed by atoms with Crippen molar-refractivity contribution in [2.24, 2.45) is 11.3 Å². The molecule has 0 bridgehead atoms. The first-order valence-corrected chi connectivity index (χ1v) is 16.2. The van der Waals surface area contributed by atoms with E-state index < -0.39 is 35.9 Å². The SMILES string of the molecule is [2H]c1ccc2c(c1)c(CC(NC(=O)[C@@H](CC(=O)N1[C@H](C)CCC[C@@H]1C)CC(C)(C)C)C(=O)N[C@@H]([C-]=O)CCCC)cn2C(=O)OC.[Na+].[OH-]. The van der Waals surface area contributed by atoms with Crippen LogP contribution in [0.25, 0.3) is 10.9 Å². The number of carbonyl (C=O) groups excluding carboxylic acids is 5. The number of methoxy groups -OCH3 is 1. The zero-order chi connectivity index (χ0) is 34.2. The Kier molecular flexibility index (Phi) is 16.6. The van der Waals surface area contributed by atoms with Crippen molar-refractivity contribution in [3.05, 3.63) is 36.0 Å². The van der Waals surface area contributed by atoms with Crippen LogP contribution in [0.2, 0.25) is 0 Å².